The van der Waals surface area contributed by atoms with E-state index in [4.69, 9.17) is 0 Å². The van der Waals surface area contributed by atoms with Gasteiger partial charge in [0, 0.05) is 24.2 Å². The Morgan fingerprint density at radius 3 is 2.60 bits per heavy atom. The van der Waals surface area contributed by atoms with Crippen molar-refractivity contribution in [3.8, 4) is 0 Å². The molecule has 3 rings (SSSR count). The van der Waals surface area contributed by atoms with Gasteiger partial charge in [0.15, 0.2) is 5.82 Å². The maximum atomic E-state index is 12.5. The Labute approximate surface area is 147 Å². The van der Waals surface area contributed by atoms with Crippen LogP contribution in [0.1, 0.15) is 42.6 Å². The van der Waals surface area contributed by atoms with Gasteiger partial charge in [0.25, 0.3) is 5.91 Å². The third kappa shape index (κ3) is 3.74. The molecule has 25 heavy (non-hydrogen) atoms. The molecular weight excluding hydrogens is 342 g/mol. The van der Waals surface area contributed by atoms with E-state index >= 15 is 0 Å². The molecule has 0 bridgehead atoms. The van der Waals surface area contributed by atoms with Crippen molar-refractivity contribution < 1.29 is 17.7 Å². The van der Waals surface area contributed by atoms with Crippen LogP contribution in [0.15, 0.2) is 41.1 Å². The van der Waals surface area contributed by atoms with Gasteiger partial charge in [0.2, 0.25) is 10.0 Å². The second-order valence-corrected chi connectivity index (χ2v) is 8.67. The number of hydrogen-bond acceptors (Lipinski definition) is 5. The minimum atomic E-state index is -3.27. The van der Waals surface area contributed by atoms with E-state index in [9.17, 15) is 13.2 Å². The third-order valence-electron chi connectivity index (χ3n) is 4.55. The second kappa shape index (κ2) is 6.97. The predicted octanol–water partition coefficient (Wildman–Crippen LogP) is 2.63. The zero-order valence-electron chi connectivity index (χ0n) is 14.2. The topological polar surface area (TPSA) is 92.5 Å². The van der Waals surface area contributed by atoms with Gasteiger partial charge in [0.1, 0.15) is 6.26 Å². The van der Waals surface area contributed by atoms with Crippen LogP contribution in [0.2, 0.25) is 0 Å². The van der Waals surface area contributed by atoms with E-state index in [0.29, 0.717) is 24.3 Å². The van der Waals surface area contributed by atoms with Crippen molar-refractivity contribution in [2.45, 2.75) is 44.5 Å². The fourth-order valence-corrected chi connectivity index (χ4v) is 4.74. The molecule has 2 atom stereocenters. The molecule has 1 amide bonds. The Morgan fingerprint density at radius 1 is 1.24 bits per heavy atom. The molecular formula is C17H21N3O4S. The Balaban J connectivity index is 1.71. The highest BCUT2D eigenvalue weighted by Gasteiger charge is 2.36. The summed E-state index contributed by atoms with van der Waals surface area (Å²) in [6.45, 7) is 4.01. The normalized spacial score (nSPS) is 23.3. The van der Waals surface area contributed by atoms with Gasteiger partial charge in [-0.3, -0.25) is 4.79 Å². The van der Waals surface area contributed by atoms with Crippen LogP contribution in [-0.2, 0) is 16.6 Å². The number of carbonyl (C=O) groups excluding carboxylic acids is 1. The van der Waals surface area contributed by atoms with Gasteiger partial charge in [-0.05, 0) is 44.4 Å². The first-order valence-corrected chi connectivity index (χ1v) is 9.69. The van der Waals surface area contributed by atoms with E-state index in [2.05, 4.69) is 15.0 Å². The molecule has 1 aromatic heterocycles. The predicted molar refractivity (Wildman–Crippen MR) is 93.5 cm³/mol. The van der Waals surface area contributed by atoms with Crippen molar-refractivity contribution >= 4 is 21.7 Å². The molecule has 1 unspecified atom stereocenters. The first-order valence-electron chi connectivity index (χ1n) is 8.19. The van der Waals surface area contributed by atoms with Gasteiger partial charge in [0.05, 0.1) is 5.25 Å². The molecule has 0 saturated carbocycles. The smallest absolute Gasteiger partial charge is 0.256 e. The van der Waals surface area contributed by atoms with E-state index < -0.39 is 10.0 Å². The van der Waals surface area contributed by atoms with E-state index in [1.54, 1.807) is 41.6 Å². The number of hydrogen-bond donors (Lipinski definition) is 1. The molecule has 0 radical (unpaired) electrons. The summed E-state index contributed by atoms with van der Waals surface area (Å²) in [5.41, 5.74) is 1.32. The summed E-state index contributed by atoms with van der Waals surface area (Å²) in [5.74, 6) is 0.0457. The van der Waals surface area contributed by atoms with Crippen molar-refractivity contribution in [2.75, 3.05) is 5.32 Å². The summed E-state index contributed by atoms with van der Waals surface area (Å²) < 4.78 is 31.3. The first kappa shape index (κ1) is 17.6. The average Bonchev–Trinajstić information content (AvgIpc) is 3.09. The van der Waals surface area contributed by atoms with Gasteiger partial charge in [-0.15, -0.1) is 0 Å². The number of sulfonamides is 1. The fourth-order valence-electron chi connectivity index (χ4n) is 2.90. The van der Waals surface area contributed by atoms with E-state index in [1.165, 1.54) is 6.26 Å². The van der Waals surface area contributed by atoms with Crippen LogP contribution in [0.4, 0.5) is 5.82 Å². The zero-order chi connectivity index (χ0) is 18.0. The molecule has 1 aromatic carbocycles. The Bertz CT molecular complexity index is 831. The van der Waals surface area contributed by atoms with Crippen LogP contribution in [0.25, 0.3) is 0 Å². The van der Waals surface area contributed by atoms with Gasteiger partial charge in [-0.2, -0.15) is 4.31 Å². The number of carbonyl (C=O) groups is 1. The number of rotatable bonds is 4. The number of anilines is 1. The highest BCUT2D eigenvalue weighted by atomic mass is 32.2. The lowest BCUT2D eigenvalue weighted by molar-refractivity contribution is 0.102. The van der Waals surface area contributed by atoms with Crippen molar-refractivity contribution in [3.05, 3.63) is 47.7 Å². The average molecular weight is 363 g/mol. The monoisotopic (exact) mass is 363 g/mol. The lowest BCUT2D eigenvalue weighted by Gasteiger charge is -2.36. The number of nitrogens with one attached hydrogen (secondary N) is 1. The standard InChI is InChI=1S/C17H21N3O4S/c1-12-3-4-13(2)25(22,23)20(12)11-14-5-7-15(8-6-14)17(21)18-16-9-10-24-19-16/h5-10,12-13H,3-4,11H2,1-2H3,(H,18,19,21)/t12-,13?/m0/s1. The lowest BCUT2D eigenvalue weighted by Crippen LogP contribution is -2.47. The molecule has 134 valence electrons. The van der Waals surface area contributed by atoms with Gasteiger partial charge >= 0.3 is 0 Å². The summed E-state index contributed by atoms with van der Waals surface area (Å²) in [6, 6.07) is 8.44. The van der Waals surface area contributed by atoms with E-state index in [0.717, 1.165) is 12.0 Å². The molecule has 8 heteroatoms. The van der Waals surface area contributed by atoms with Crippen LogP contribution in [0, 0.1) is 0 Å². The highest BCUT2D eigenvalue weighted by Crippen LogP contribution is 2.27. The number of aromatic nitrogens is 1. The fraction of sp³-hybridized carbons (Fsp3) is 0.412. The Kier molecular flexibility index (Phi) is 4.91. The van der Waals surface area contributed by atoms with Gasteiger partial charge < -0.3 is 9.84 Å². The minimum absolute atomic E-state index is 0.0173. The molecule has 1 fully saturated rings. The quantitative estimate of drug-likeness (QED) is 0.901. The van der Waals surface area contributed by atoms with Gasteiger partial charge in [-0.1, -0.05) is 17.3 Å². The molecule has 1 saturated heterocycles. The van der Waals surface area contributed by atoms with Crippen molar-refractivity contribution in [1.82, 2.24) is 9.46 Å². The maximum absolute atomic E-state index is 12.5. The Morgan fingerprint density at radius 2 is 1.96 bits per heavy atom. The van der Waals surface area contributed by atoms with Crippen molar-refractivity contribution in [1.29, 1.82) is 0 Å². The third-order valence-corrected chi connectivity index (χ3v) is 6.95. The van der Waals surface area contributed by atoms with Crippen LogP contribution >= 0.6 is 0 Å². The SMILES string of the molecule is CC1CC[C@H](C)N(Cc2ccc(C(=O)Nc3ccon3)cc2)S1(=O)=O. The molecule has 0 aliphatic carbocycles. The minimum Gasteiger partial charge on any atom is -0.363 e. The molecule has 1 aliphatic heterocycles. The van der Waals surface area contributed by atoms with Crippen LogP contribution in [0.5, 0.6) is 0 Å². The lowest BCUT2D eigenvalue weighted by atomic mass is 10.1. The summed E-state index contributed by atoms with van der Waals surface area (Å²) in [5, 5.41) is 5.89. The highest BCUT2D eigenvalue weighted by molar-refractivity contribution is 7.89. The van der Waals surface area contributed by atoms with E-state index in [1.807, 2.05) is 6.92 Å². The van der Waals surface area contributed by atoms with Crippen LogP contribution < -0.4 is 5.32 Å². The molecule has 2 heterocycles. The number of benzene rings is 1. The summed E-state index contributed by atoms with van der Waals surface area (Å²) >= 11 is 0. The molecule has 1 aliphatic rings. The number of nitrogens with zero attached hydrogens (tertiary/aromatic N) is 2. The van der Waals surface area contributed by atoms with Crippen molar-refractivity contribution in [3.63, 3.8) is 0 Å². The molecule has 7 nitrogen and oxygen atoms in total. The first-order chi connectivity index (χ1) is 11.9. The second-order valence-electron chi connectivity index (χ2n) is 6.36. The largest absolute Gasteiger partial charge is 0.363 e. The maximum Gasteiger partial charge on any atom is 0.256 e. The van der Waals surface area contributed by atoms with E-state index in [-0.39, 0.29) is 17.2 Å². The summed E-state index contributed by atoms with van der Waals surface area (Å²) in [7, 11) is -3.27. The van der Waals surface area contributed by atoms with Gasteiger partial charge in [-0.25, -0.2) is 8.42 Å². The number of amides is 1. The van der Waals surface area contributed by atoms with Crippen LogP contribution in [0.3, 0.4) is 0 Å². The zero-order valence-corrected chi connectivity index (χ0v) is 15.0. The van der Waals surface area contributed by atoms with Crippen molar-refractivity contribution in [2.24, 2.45) is 0 Å². The molecule has 0 spiro atoms. The van der Waals surface area contributed by atoms with Crippen LogP contribution in [-0.4, -0.2) is 35.1 Å². The summed E-state index contributed by atoms with van der Waals surface area (Å²) in [6.07, 6.45) is 2.93. The summed E-state index contributed by atoms with van der Waals surface area (Å²) in [4.78, 5) is 12.1. The molecule has 2 aromatic rings. The Hall–Kier alpha value is -2.19. The molecule has 1 N–H and O–H groups in total.